The molecular formula is C36H42N2O5. The maximum absolute atomic E-state index is 13.5. The SMILES string of the molecule is Cc1cccc(COc2ccc(C(O)=C3C(=O)C(=O)N(CCCN4CCOCC4)C3c3ccc(C(C)(C)C)cc3)cc2)c1. The van der Waals surface area contributed by atoms with E-state index in [0.717, 1.165) is 42.7 Å². The van der Waals surface area contributed by atoms with E-state index >= 15 is 0 Å². The van der Waals surface area contributed by atoms with E-state index in [-0.39, 0.29) is 16.7 Å². The highest BCUT2D eigenvalue weighted by atomic mass is 16.5. The molecule has 226 valence electrons. The molecule has 0 spiro atoms. The molecule has 0 radical (unpaired) electrons. The van der Waals surface area contributed by atoms with Gasteiger partial charge in [0.05, 0.1) is 24.8 Å². The summed E-state index contributed by atoms with van der Waals surface area (Å²) in [5.74, 6) is -0.764. The third kappa shape index (κ3) is 7.17. The molecule has 1 N–H and O–H groups in total. The van der Waals surface area contributed by atoms with Crippen molar-refractivity contribution in [2.45, 2.75) is 52.2 Å². The smallest absolute Gasteiger partial charge is 0.295 e. The molecule has 2 aliphatic rings. The molecule has 0 saturated carbocycles. The zero-order valence-corrected chi connectivity index (χ0v) is 25.6. The van der Waals surface area contributed by atoms with Gasteiger partial charge in [-0.25, -0.2) is 0 Å². The van der Waals surface area contributed by atoms with Crippen LogP contribution in [0.1, 0.15) is 61.1 Å². The lowest BCUT2D eigenvalue weighted by Gasteiger charge is -2.29. The number of Topliss-reactive ketones (excluding diaryl/α,β-unsaturated/α-hetero) is 1. The second-order valence-corrected chi connectivity index (χ2v) is 12.5. The van der Waals surface area contributed by atoms with Crippen molar-refractivity contribution in [2.75, 3.05) is 39.4 Å². The van der Waals surface area contributed by atoms with Crippen molar-refractivity contribution in [1.82, 2.24) is 9.80 Å². The lowest BCUT2D eigenvalue weighted by Crippen LogP contribution is -2.39. The molecule has 3 aromatic rings. The number of benzene rings is 3. The van der Waals surface area contributed by atoms with E-state index in [9.17, 15) is 14.7 Å². The maximum atomic E-state index is 13.5. The molecule has 2 saturated heterocycles. The molecule has 7 heteroatoms. The van der Waals surface area contributed by atoms with E-state index < -0.39 is 17.7 Å². The van der Waals surface area contributed by atoms with Crippen LogP contribution in [0.15, 0.2) is 78.4 Å². The first-order valence-corrected chi connectivity index (χ1v) is 15.1. The number of rotatable bonds is 9. The van der Waals surface area contributed by atoms with Gasteiger partial charge in [0.15, 0.2) is 0 Å². The van der Waals surface area contributed by atoms with Gasteiger partial charge >= 0.3 is 0 Å². The van der Waals surface area contributed by atoms with E-state index in [4.69, 9.17) is 9.47 Å². The largest absolute Gasteiger partial charge is 0.507 e. The van der Waals surface area contributed by atoms with Crippen LogP contribution >= 0.6 is 0 Å². The number of ketones is 1. The van der Waals surface area contributed by atoms with E-state index in [1.165, 1.54) is 5.56 Å². The summed E-state index contributed by atoms with van der Waals surface area (Å²) in [6.07, 6.45) is 0.719. The predicted molar refractivity (Wildman–Crippen MR) is 168 cm³/mol. The van der Waals surface area contributed by atoms with Crippen LogP contribution in [0.3, 0.4) is 0 Å². The molecule has 3 aromatic carbocycles. The van der Waals surface area contributed by atoms with Crippen molar-refractivity contribution in [3.63, 3.8) is 0 Å². The normalized spacial score (nSPS) is 19.2. The third-order valence-corrected chi connectivity index (χ3v) is 8.23. The number of aliphatic hydroxyl groups excluding tert-OH is 1. The summed E-state index contributed by atoms with van der Waals surface area (Å²) >= 11 is 0. The monoisotopic (exact) mass is 582 g/mol. The minimum atomic E-state index is -0.670. The van der Waals surface area contributed by atoms with Crippen LogP contribution in [0.2, 0.25) is 0 Å². The lowest BCUT2D eigenvalue weighted by atomic mass is 9.85. The molecule has 2 aliphatic heterocycles. The molecule has 2 fully saturated rings. The highest BCUT2D eigenvalue weighted by molar-refractivity contribution is 6.46. The van der Waals surface area contributed by atoms with Crippen LogP contribution in [0.25, 0.3) is 5.76 Å². The van der Waals surface area contributed by atoms with E-state index in [2.05, 4.69) is 31.7 Å². The number of nitrogens with zero attached hydrogens (tertiary/aromatic N) is 2. The highest BCUT2D eigenvalue weighted by Gasteiger charge is 2.45. The number of amides is 1. The van der Waals surface area contributed by atoms with Gasteiger partial charge in [0.25, 0.3) is 11.7 Å². The molecule has 1 amide bonds. The molecule has 0 aliphatic carbocycles. The zero-order chi connectivity index (χ0) is 30.6. The molecule has 5 rings (SSSR count). The molecule has 43 heavy (non-hydrogen) atoms. The van der Waals surface area contributed by atoms with Gasteiger partial charge in [-0.15, -0.1) is 0 Å². The molecule has 1 atom stereocenters. The second-order valence-electron chi connectivity index (χ2n) is 12.5. The molecule has 7 nitrogen and oxygen atoms in total. The average Bonchev–Trinajstić information content (AvgIpc) is 3.25. The summed E-state index contributed by atoms with van der Waals surface area (Å²) in [4.78, 5) is 30.9. The van der Waals surface area contributed by atoms with Crippen LogP contribution in [0, 0.1) is 6.92 Å². The number of carbonyl (C=O) groups excluding carboxylic acids is 2. The number of hydrogen-bond donors (Lipinski definition) is 1. The van der Waals surface area contributed by atoms with Crippen LogP contribution < -0.4 is 4.74 Å². The molecule has 1 unspecified atom stereocenters. The Balaban J connectivity index is 1.41. The van der Waals surface area contributed by atoms with Crippen LogP contribution in [0.5, 0.6) is 5.75 Å². The van der Waals surface area contributed by atoms with Crippen LogP contribution in [0.4, 0.5) is 0 Å². The Morgan fingerprint density at radius 3 is 2.30 bits per heavy atom. The van der Waals surface area contributed by atoms with Crippen molar-refractivity contribution < 1.29 is 24.2 Å². The summed E-state index contributed by atoms with van der Waals surface area (Å²) < 4.78 is 11.4. The molecular weight excluding hydrogens is 540 g/mol. The summed E-state index contributed by atoms with van der Waals surface area (Å²) in [5, 5.41) is 11.5. The summed E-state index contributed by atoms with van der Waals surface area (Å²) in [6, 6.07) is 22.5. The average molecular weight is 583 g/mol. The van der Waals surface area contributed by atoms with Crippen molar-refractivity contribution in [2.24, 2.45) is 0 Å². The van der Waals surface area contributed by atoms with Gasteiger partial charge in [0, 0.05) is 31.7 Å². The number of likely N-dealkylation sites (tertiary alicyclic amines) is 1. The van der Waals surface area contributed by atoms with Crippen molar-refractivity contribution in [3.05, 3.63) is 106 Å². The quantitative estimate of drug-likeness (QED) is 0.189. The fourth-order valence-electron chi connectivity index (χ4n) is 5.75. The Morgan fingerprint density at radius 1 is 0.953 bits per heavy atom. The number of hydrogen-bond acceptors (Lipinski definition) is 6. The number of carbonyl (C=O) groups is 2. The minimum absolute atomic E-state index is 0.0400. The lowest BCUT2D eigenvalue weighted by molar-refractivity contribution is -0.140. The molecule has 0 bridgehead atoms. The first-order chi connectivity index (χ1) is 20.6. The van der Waals surface area contributed by atoms with Gasteiger partial charge in [-0.3, -0.25) is 14.5 Å². The van der Waals surface area contributed by atoms with Gasteiger partial charge in [0.2, 0.25) is 0 Å². The Bertz CT molecular complexity index is 1460. The third-order valence-electron chi connectivity index (χ3n) is 8.23. The predicted octanol–water partition coefficient (Wildman–Crippen LogP) is 6.02. The summed E-state index contributed by atoms with van der Waals surface area (Å²) in [5.41, 5.74) is 4.74. The van der Waals surface area contributed by atoms with Crippen LogP contribution in [-0.4, -0.2) is 66.0 Å². The number of morpholine rings is 1. The topological polar surface area (TPSA) is 79.3 Å². The van der Waals surface area contributed by atoms with Gasteiger partial charge in [0.1, 0.15) is 18.1 Å². The van der Waals surface area contributed by atoms with Gasteiger partial charge in [-0.2, -0.15) is 0 Å². The van der Waals surface area contributed by atoms with E-state index in [1.54, 1.807) is 29.2 Å². The fraction of sp³-hybridized carbons (Fsp3) is 0.389. The standard InChI is InChI=1S/C36H42N2O5/c1-25-7-5-8-26(23-25)24-43-30-15-11-28(12-16-30)33(39)31-32(27-9-13-29(14-10-27)36(2,3)4)38(35(41)34(31)40)18-6-17-37-19-21-42-22-20-37/h5,7-16,23,32,39H,6,17-22,24H2,1-4H3. The summed E-state index contributed by atoms with van der Waals surface area (Å²) in [6.45, 7) is 13.3. The Kier molecular flexibility index (Phi) is 9.33. The number of aliphatic hydroxyl groups is 1. The minimum Gasteiger partial charge on any atom is -0.507 e. The highest BCUT2D eigenvalue weighted by Crippen LogP contribution is 2.40. The van der Waals surface area contributed by atoms with Crippen molar-refractivity contribution in [3.8, 4) is 5.75 Å². The zero-order valence-electron chi connectivity index (χ0n) is 25.6. The van der Waals surface area contributed by atoms with Crippen molar-refractivity contribution in [1.29, 1.82) is 0 Å². The maximum Gasteiger partial charge on any atom is 0.295 e. The van der Waals surface area contributed by atoms with Gasteiger partial charge < -0.3 is 19.5 Å². The van der Waals surface area contributed by atoms with Gasteiger partial charge in [-0.1, -0.05) is 74.9 Å². The van der Waals surface area contributed by atoms with Crippen molar-refractivity contribution >= 4 is 17.4 Å². The Morgan fingerprint density at radius 2 is 1.65 bits per heavy atom. The Labute approximate surface area is 254 Å². The van der Waals surface area contributed by atoms with Gasteiger partial charge in [-0.05, 0) is 59.7 Å². The summed E-state index contributed by atoms with van der Waals surface area (Å²) in [7, 11) is 0. The van der Waals surface area contributed by atoms with E-state index in [0.29, 0.717) is 37.7 Å². The first-order valence-electron chi connectivity index (χ1n) is 15.1. The second kappa shape index (κ2) is 13.1. The number of ether oxygens (including phenoxy) is 2. The Hall–Kier alpha value is -3.94. The fourth-order valence-corrected chi connectivity index (χ4v) is 5.75. The molecule has 0 aromatic heterocycles. The van der Waals surface area contributed by atoms with E-state index in [1.807, 2.05) is 49.4 Å². The molecule has 2 heterocycles. The number of aryl methyl sites for hydroxylation is 1. The first kappa shape index (κ1) is 30.5. The van der Waals surface area contributed by atoms with Crippen LogP contribution in [-0.2, 0) is 26.3 Å².